The molecule has 0 saturated carbocycles. The third-order valence-electron chi connectivity index (χ3n) is 3.87. The van der Waals surface area contributed by atoms with Gasteiger partial charge in [0.2, 0.25) is 0 Å². The molecule has 0 heterocycles. The molecule has 2 nitrogen and oxygen atoms in total. The Labute approximate surface area is 138 Å². The lowest BCUT2D eigenvalue weighted by Crippen LogP contribution is -2.40. The van der Waals surface area contributed by atoms with Crippen molar-refractivity contribution in [2.24, 2.45) is 5.41 Å². The van der Waals surface area contributed by atoms with Gasteiger partial charge in [0, 0.05) is 10.5 Å². The van der Waals surface area contributed by atoms with E-state index in [0.29, 0.717) is 11.5 Å². The third-order valence-corrected chi connectivity index (χ3v) is 4.36. The van der Waals surface area contributed by atoms with Crippen molar-refractivity contribution in [3.63, 3.8) is 0 Å². The molecule has 0 saturated heterocycles. The third kappa shape index (κ3) is 6.39. The SMILES string of the molecule is CCCNC(CCCc1cc(Br)ccc1OC)C(C)(C)C. The minimum atomic E-state index is 0.302. The van der Waals surface area contributed by atoms with Gasteiger partial charge in [-0.3, -0.25) is 0 Å². The first kappa shape index (κ1) is 18.5. The highest BCUT2D eigenvalue weighted by atomic mass is 79.9. The van der Waals surface area contributed by atoms with E-state index in [0.717, 1.165) is 23.2 Å². The maximum absolute atomic E-state index is 5.45. The van der Waals surface area contributed by atoms with Crippen LogP contribution in [0.4, 0.5) is 0 Å². The molecule has 1 rings (SSSR count). The van der Waals surface area contributed by atoms with Crippen molar-refractivity contribution in [1.29, 1.82) is 0 Å². The Morgan fingerprint density at radius 2 is 2.00 bits per heavy atom. The molecule has 0 aliphatic rings. The molecule has 0 fully saturated rings. The van der Waals surface area contributed by atoms with Gasteiger partial charge >= 0.3 is 0 Å². The van der Waals surface area contributed by atoms with Gasteiger partial charge in [-0.2, -0.15) is 0 Å². The zero-order valence-electron chi connectivity index (χ0n) is 14.1. The highest BCUT2D eigenvalue weighted by Crippen LogP contribution is 2.27. The van der Waals surface area contributed by atoms with Gasteiger partial charge in [0.05, 0.1) is 7.11 Å². The molecule has 1 aromatic rings. The topological polar surface area (TPSA) is 21.3 Å². The Balaban J connectivity index is 2.59. The van der Waals surface area contributed by atoms with Crippen LogP contribution >= 0.6 is 15.9 Å². The molecule has 0 aliphatic carbocycles. The van der Waals surface area contributed by atoms with Crippen molar-refractivity contribution >= 4 is 15.9 Å². The normalized spacial score (nSPS) is 13.2. The van der Waals surface area contributed by atoms with Gasteiger partial charge in [-0.1, -0.05) is 43.6 Å². The molecule has 1 aromatic carbocycles. The number of hydrogen-bond acceptors (Lipinski definition) is 2. The molecule has 1 atom stereocenters. The van der Waals surface area contributed by atoms with Gasteiger partial charge in [-0.15, -0.1) is 0 Å². The summed E-state index contributed by atoms with van der Waals surface area (Å²) in [7, 11) is 1.74. The molecule has 0 spiro atoms. The molecule has 3 heteroatoms. The van der Waals surface area contributed by atoms with E-state index in [1.54, 1.807) is 7.11 Å². The highest BCUT2D eigenvalue weighted by Gasteiger charge is 2.23. The number of aryl methyl sites for hydroxylation is 1. The largest absolute Gasteiger partial charge is 0.496 e. The van der Waals surface area contributed by atoms with E-state index in [1.165, 1.54) is 24.8 Å². The lowest BCUT2D eigenvalue weighted by molar-refractivity contribution is 0.251. The Bertz CT molecular complexity index is 426. The first-order chi connectivity index (χ1) is 9.88. The van der Waals surface area contributed by atoms with E-state index in [1.807, 2.05) is 12.1 Å². The van der Waals surface area contributed by atoms with E-state index >= 15 is 0 Å². The van der Waals surface area contributed by atoms with Gasteiger partial charge < -0.3 is 10.1 Å². The van der Waals surface area contributed by atoms with Crippen LogP contribution < -0.4 is 10.1 Å². The number of halogens is 1. The molecule has 0 radical (unpaired) electrons. The summed E-state index contributed by atoms with van der Waals surface area (Å²) in [6.07, 6.45) is 4.61. The summed E-state index contributed by atoms with van der Waals surface area (Å²) in [5.74, 6) is 0.993. The van der Waals surface area contributed by atoms with Gasteiger partial charge in [0.25, 0.3) is 0 Å². The van der Waals surface area contributed by atoms with Crippen molar-refractivity contribution in [3.8, 4) is 5.75 Å². The molecule has 0 bridgehead atoms. The Hall–Kier alpha value is -0.540. The van der Waals surface area contributed by atoms with Gasteiger partial charge in [-0.05, 0) is 61.4 Å². The predicted octanol–water partition coefficient (Wildman–Crippen LogP) is 5.19. The van der Waals surface area contributed by atoms with Crippen LogP contribution in [0.25, 0.3) is 0 Å². The minimum Gasteiger partial charge on any atom is -0.496 e. The van der Waals surface area contributed by atoms with Gasteiger partial charge in [-0.25, -0.2) is 0 Å². The quantitative estimate of drug-likeness (QED) is 0.692. The van der Waals surface area contributed by atoms with E-state index < -0.39 is 0 Å². The molecule has 0 amide bonds. The van der Waals surface area contributed by atoms with Crippen LogP contribution in [0, 0.1) is 5.41 Å². The summed E-state index contributed by atoms with van der Waals surface area (Å²) in [6.45, 7) is 10.3. The van der Waals surface area contributed by atoms with Crippen LogP contribution in [0.15, 0.2) is 22.7 Å². The number of benzene rings is 1. The molecule has 21 heavy (non-hydrogen) atoms. The summed E-state index contributed by atoms with van der Waals surface area (Å²) < 4.78 is 6.57. The van der Waals surface area contributed by atoms with E-state index in [-0.39, 0.29) is 0 Å². The summed E-state index contributed by atoms with van der Waals surface area (Å²) in [6, 6.07) is 6.80. The van der Waals surface area contributed by atoms with Crippen LogP contribution in [-0.4, -0.2) is 19.7 Å². The van der Waals surface area contributed by atoms with Crippen LogP contribution in [0.3, 0.4) is 0 Å². The van der Waals surface area contributed by atoms with E-state index in [4.69, 9.17) is 4.74 Å². The Morgan fingerprint density at radius 3 is 2.57 bits per heavy atom. The van der Waals surface area contributed by atoms with Crippen molar-refractivity contribution in [2.75, 3.05) is 13.7 Å². The molecule has 0 aliphatic heterocycles. The lowest BCUT2D eigenvalue weighted by atomic mass is 9.83. The van der Waals surface area contributed by atoms with Gasteiger partial charge in [0.1, 0.15) is 5.75 Å². The summed E-state index contributed by atoms with van der Waals surface area (Å²) >= 11 is 3.54. The average molecular weight is 356 g/mol. The smallest absolute Gasteiger partial charge is 0.122 e. The molecule has 120 valence electrons. The Morgan fingerprint density at radius 1 is 1.29 bits per heavy atom. The second-order valence-corrected chi connectivity index (χ2v) is 7.64. The second kappa shape index (κ2) is 8.79. The van der Waals surface area contributed by atoms with Crippen molar-refractivity contribution in [3.05, 3.63) is 28.2 Å². The maximum atomic E-state index is 5.45. The van der Waals surface area contributed by atoms with Crippen LogP contribution in [0.1, 0.15) is 52.5 Å². The zero-order valence-corrected chi connectivity index (χ0v) is 15.7. The van der Waals surface area contributed by atoms with E-state index in [2.05, 4.69) is 55.0 Å². The minimum absolute atomic E-state index is 0.302. The lowest BCUT2D eigenvalue weighted by Gasteiger charge is -2.32. The number of ether oxygens (including phenoxy) is 1. The fourth-order valence-electron chi connectivity index (χ4n) is 2.60. The number of methoxy groups -OCH3 is 1. The standard InChI is InChI=1S/C18H30BrNO/c1-6-12-20-17(18(2,3)4)9-7-8-14-13-15(19)10-11-16(14)21-5/h10-11,13,17,20H,6-9,12H2,1-5H3. The van der Waals surface area contributed by atoms with Crippen LogP contribution in [0.2, 0.25) is 0 Å². The zero-order chi connectivity index (χ0) is 15.9. The van der Waals surface area contributed by atoms with Crippen LogP contribution in [0.5, 0.6) is 5.75 Å². The first-order valence-electron chi connectivity index (χ1n) is 7.94. The summed E-state index contributed by atoms with van der Waals surface area (Å²) in [4.78, 5) is 0. The fraction of sp³-hybridized carbons (Fsp3) is 0.667. The maximum Gasteiger partial charge on any atom is 0.122 e. The van der Waals surface area contributed by atoms with Crippen molar-refractivity contribution in [1.82, 2.24) is 5.32 Å². The second-order valence-electron chi connectivity index (χ2n) is 6.72. The van der Waals surface area contributed by atoms with Gasteiger partial charge in [0.15, 0.2) is 0 Å². The molecule has 1 N–H and O–H groups in total. The molecular formula is C18H30BrNO. The summed E-state index contributed by atoms with van der Waals surface area (Å²) in [5, 5.41) is 3.70. The number of hydrogen-bond donors (Lipinski definition) is 1. The van der Waals surface area contributed by atoms with Crippen molar-refractivity contribution in [2.45, 2.75) is 59.4 Å². The first-order valence-corrected chi connectivity index (χ1v) is 8.73. The van der Waals surface area contributed by atoms with E-state index in [9.17, 15) is 0 Å². The van der Waals surface area contributed by atoms with Crippen LogP contribution in [-0.2, 0) is 6.42 Å². The molecule has 0 aromatic heterocycles. The van der Waals surface area contributed by atoms with Crippen molar-refractivity contribution < 1.29 is 4.74 Å². The highest BCUT2D eigenvalue weighted by molar-refractivity contribution is 9.10. The number of nitrogens with one attached hydrogen (secondary N) is 1. The monoisotopic (exact) mass is 355 g/mol. The fourth-order valence-corrected chi connectivity index (χ4v) is 3.01. The molecule has 1 unspecified atom stereocenters. The summed E-state index contributed by atoms with van der Waals surface area (Å²) in [5.41, 5.74) is 1.59. The Kier molecular flexibility index (Phi) is 7.75. The molecular weight excluding hydrogens is 326 g/mol. The predicted molar refractivity (Wildman–Crippen MR) is 95.2 cm³/mol. The average Bonchev–Trinajstić information content (AvgIpc) is 2.41. The number of rotatable bonds is 8.